The van der Waals surface area contributed by atoms with E-state index in [1.54, 1.807) is 0 Å². The van der Waals surface area contributed by atoms with Gasteiger partial charge in [-0.15, -0.1) is 0 Å². The van der Waals surface area contributed by atoms with Crippen molar-refractivity contribution in [1.82, 2.24) is 5.32 Å². The average Bonchev–Trinajstić information content (AvgIpc) is 2.32. The van der Waals surface area contributed by atoms with Crippen LogP contribution in [0.5, 0.6) is 0 Å². The zero-order chi connectivity index (χ0) is 13.0. The quantitative estimate of drug-likeness (QED) is 0.833. The second kappa shape index (κ2) is 5.67. The van der Waals surface area contributed by atoms with Gasteiger partial charge in [0.25, 0.3) is 0 Å². The molecule has 4 nitrogen and oxygen atoms in total. The Bertz CT molecular complexity index is 424. The molecule has 0 spiro atoms. The molecule has 0 heterocycles. The minimum atomic E-state index is -1.00. The van der Waals surface area contributed by atoms with Crippen LogP contribution in [0.3, 0.4) is 0 Å². The van der Waals surface area contributed by atoms with Gasteiger partial charge >= 0.3 is 5.97 Å². The monoisotopic (exact) mass is 247 g/mol. The highest BCUT2D eigenvalue weighted by atomic mass is 16.4. The number of carbonyl (C=O) groups excluding carboxylic acids is 1. The van der Waals surface area contributed by atoms with Gasteiger partial charge in [-0.25, -0.2) is 0 Å². The summed E-state index contributed by atoms with van der Waals surface area (Å²) in [5.74, 6) is -0.208. The van der Waals surface area contributed by atoms with E-state index in [2.05, 4.69) is 17.4 Å². The number of amides is 1. The first kappa shape index (κ1) is 12.6. The van der Waals surface area contributed by atoms with Gasteiger partial charge in [0.1, 0.15) is 6.54 Å². The topological polar surface area (TPSA) is 66.4 Å². The van der Waals surface area contributed by atoms with E-state index in [0.29, 0.717) is 18.3 Å². The van der Waals surface area contributed by atoms with Crippen LogP contribution >= 0.6 is 0 Å². The summed E-state index contributed by atoms with van der Waals surface area (Å²) in [6.07, 6.45) is 2.48. The minimum Gasteiger partial charge on any atom is -0.480 e. The molecule has 2 rings (SSSR count). The maximum atomic E-state index is 11.4. The number of hydrogen-bond donors (Lipinski definition) is 2. The van der Waals surface area contributed by atoms with Gasteiger partial charge in [-0.3, -0.25) is 9.59 Å². The van der Waals surface area contributed by atoms with Crippen molar-refractivity contribution in [3.63, 3.8) is 0 Å². The van der Waals surface area contributed by atoms with Crippen molar-refractivity contribution >= 4 is 11.9 Å². The summed E-state index contributed by atoms with van der Waals surface area (Å²) >= 11 is 0. The molecule has 0 bridgehead atoms. The summed E-state index contributed by atoms with van der Waals surface area (Å²) in [6, 6.07) is 10.3. The maximum absolute atomic E-state index is 11.4. The third-order valence-corrected chi connectivity index (χ3v) is 3.42. The zero-order valence-corrected chi connectivity index (χ0v) is 10.1. The fourth-order valence-electron chi connectivity index (χ4n) is 2.41. The second-order valence-corrected chi connectivity index (χ2v) is 4.82. The van der Waals surface area contributed by atoms with Crippen LogP contribution in [0.15, 0.2) is 30.3 Å². The molecule has 18 heavy (non-hydrogen) atoms. The van der Waals surface area contributed by atoms with Crippen molar-refractivity contribution in [3.05, 3.63) is 35.9 Å². The summed E-state index contributed by atoms with van der Waals surface area (Å²) in [6.45, 7) is -0.284. The van der Waals surface area contributed by atoms with Gasteiger partial charge in [0, 0.05) is 6.42 Å². The predicted molar refractivity (Wildman–Crippen MR) is 67.2 cm³/mol. The number of carboxylic acid groups (broad SMARTS) is 1. The molecule has 0 unspecified atom stereocenters. The number of hydrogen-bond acceptors (Lipinski definition) is 2. The maximum Gasteiger partial charge on any atom is 0.322 e. The highest BCUT2D eigenvalue weighted by Gasteiger charge is 2.31. The Morgan fingerprint density at radius 3 is 2.50 bits per heavy atom. The Labute approximate surface area is 106 Å². The number of nitrogens with one attached hydrogen (secondary N) is 1. The Morgan fingerprint density at radius 1 is 1.22 bits per heavy atom. The van der Waals surface area contributed by atoms with Gasteiger partial charge in [-0.1, -0.05) is 30.3 Å². The molecule has 0 radical (unpaired) electrons. The van der Waals surface area contributed by atoms with Crippen molar-refractivity contribution in [2.75, 3.05) is 6.54 Å². The van der Waals surface area contributed by atoms with Crippen LogP contribution in [-0.4, -0.2) is 23.5 Å². The third-order valence-electron chi connectivity index (χ3n) is 3.42. The van der Waals surface area contributed by atoms with E-state index in [4.69, 9.17) is 5.11 Å². The molecule has 1 aromatic rings. The lowest BCUT2D eigenvalue weighted by atomic mass is 9.70. The van der Waals surface area contributed by atoms with E-state index < -0.39 is 5.97 Å². The molecule has 1 aliphatic rings. The van der Waals surface area contributed by atoms with Gasteiger partial charge in [0.15, 0.2) is 0 Å². The molecule has 2 N–H and O–H groups in total. The summed E-state index contributed by atoms with van der Waals surface area (Å²) < 4.78 is 0. The van der Waals surface area contributed by atoms with Crippen molar-refractivity contribution in [2.24, 2.45) is 5.92 Å². The lowest BCUT2D eigenvalue weighted by Gasteiger charge is -2.35. The normalized spacial score (nSPS) is 22.0. The Balaban J connectivity index is 1.70. The summed E-state index contributed by atoms with van der Waals surface area (Å²) in [7, 11) is 0. The standard InChI is InChI=1S/C14H17NO3/c16-13(15-9-14(17)18)8-10-6-12(7-10)11-4-2-1-3-5-11/h1-5,10,12H,6-9H2,(H,15,16)(H,17,18). The molecule has 1 aliphatic carbocycles. The van der Waals surface area contributed by atoms with Gasteiger partial charge in [0.2, 0.25) is 5.91 Å². The van der Waals surface area contributed by atoms with Gasteiger partial charge in [-0.2, -0.15) is 0 Å². The molecule has 0 aliphatic heterocycles. The van der Waals surface area contributed by atoms with Crippen molar-refractivity contribution < 1.29 is 14.7 Å². The summed E-state index contributed by atoms with van der Waals surface area (Å²) in [5, 5.41) is 10.8. The van der Waals surface area contributed by atoms with Crippen molar-refractivity contribution in [2.45, 2.75) is 25.2 Å². The first-order valence-corrected chi connectivity index (χ1v) is 6.18. The molecule has 4 heteroatoms. The van der Waals surface area contributed by atoms with E-state index in [0.717, 1.165) is 12.8 Å². The van der Waals surface area contributed by atoms with Crippen molar-refractivity contribution in [1.29, 1.82) is 0 Å². The molecule has 0 atom stereocenters. The molecule has 0 aromatic heterocycles. The molecular weight excluding hydrogens is 230 g/mol. The molecule has 1 aromatic carbocycles. The van der Waals surface area contributed by atoms with Crippen LogP contribution in [0.2, 0.25) is 0 Å². The predicted octanol–water partition coefficient (Wildman–Crippen LogP) is 1.77. The van der Waals surface area contributed by atoms with Crippen LogP contribution in [0.25, 0.3) is 0 Å². The first-order valence-electron chi connectivity index (χ1n) is 6.18. The van der Waals surface area contributed by atoms with E-state index in [1.165, 1.54) is 5.56 Å². The Morgan fingerprint density at radius 2 is 1.89 bits per heavy atom. The fourth-order valence-corrected chi connectivity index (χ4v) is 2.41. The highest BCUT2D eigenvalue weighted by Crippen LogP contribution is 2.43. The molecule has 1 fully saturated rings. The largest absolute Gasteiger partial charge is 0.480 e. The lowest BCUT2D eigenvalue weighted by Crippen LogP contribution is -2.33. The van der Waals surface area contributed by atoms with Crippen LogP contribution < -0.4 is 5.32 Å². The molecule has 1 saturated carbocycles. The molecule has 96 valence electrons. The van der Waals surface area contributed by atoms with Crippen LogP contribution in [0, 0.1) is 5.92 Å². The average molecular weight is 247 g/mol. The highest BCUT2D eigenvalue weighted by molar-refractivity contribution is 5.81. The number of carbonyl (C=O) groups is 2. The zero-order valence-electron chi connectivity index (χ0n) is 10.1. The number of carboxylic acids is 1. The number of benzene rings is 1. The van der Waals surface area contributed by atoms with Gasteiger partial charge in [-0.05, 0) is 30.2 Å². The van der Waals surface area contributed by atoms with Gasteiger partial charge in [0.05, 0.1) is 0 Å². The first-order chi connectivity index (χ1) is 8.65. The third kappa shape index (κ3) is 3.32. The smallest absolute Gasteiger partial charge is 0.322 e. The minimum absolute atomic E-state index is 0.158. The van der Waals surface area contributed by atoms with Crippen LogP contribution in [-0.2, 0) is 9.59 Å². The van der Waals surface area contributed by atoms with E-state index in [-0.39, 0.29) is 12.5 Å². The lowest BCUT2D eigenvalue weighted by molar-refractivity contribution is -0.138. The van der Waals surface area contributed by atoms with E-state index in [9.17, 15) is 9.59 Å². The van der Waals surface area contributed by atoms with Crippen molar-refractivity contribution in [3.8, 4) is 0 Å². The van der Waals surface area contributed by atoms with Crippen LogP contribution in [0.1, 0.15) is 30.7 Å². The SMILES string of the molecule is O=C(O)CNC(=O)CC1CC(c2ccccc2)C1. The Kier molecular flexibility index (Phi) is 3.97. The number of aliphatic carboxylic acids is 1. The second-order valence-electron chi connectivity index (χ2n) is 4.82. The Hall–Kier alpha value is -1.84. The fraction of sp³-hybridized carbons (Fsp3) is 0.429. The summed E-state index contributed by atoms with van der Waals surface area (Å²) in [5.41, 5.74) is 1.33. The molecule has 0 saturated heterocycles. The molecule has 1 amide bonds. The van der Waals surface area contributed by atoms with Crippen LogP contribution in [0.4, 0.5) is 0 Å². The van der Waals surface area contributed by atoms with E-state index >= 15 is 0 Å². The molecular formula is C14H17NO3. The van der Waals surface area contributed by atoms with E-state index in [1.807, 2.05) is 18.2 Å². The summed E-state index contributed by atoms with van der Waals surface area (Å²) in [4.78, 5) is 21.7. The van der Waals surface area contributed by atoms with Gasteiger partial charge < -0.3 is 10.4 Å². The number of rotatable bonds is 5.